The molecule has 0 saturated carbocycles. The molecule has 0 aliphatic carbocycles. The van der Waals surface area contributed by atoms with Gasteiger partial charge in [0, 0.05) is 6.42 Å². The zero-order valence-electron chi connectivity index (χ0n) is 13.4. The topological polar surface area (TPSA) is 66.4 Å². The first kappa shape index (κ1) is 17.2. The highest BCUT2D eigenvalue weighted by Crippen LogP contribution is 2.17. The summed E-state index contributed by atoms with van der Waals surface area (Å²) in [5, 5.41) is 11.0. The summed E-state index contributed by atoms with van der Waals surface area (Å²) < 4.78 is 0. The van der Waals surface area contributed by atoms with Crippen LogP contribution in [0, 0.1) is 5.92 Å². The van der Waals surface area contributed by atoms with Crippen LogP contribution in [0.3, 0.4) is 0 Å². The predicted molar refractivity (Wildman–Crippen MR) is 90.2 cm³/mol. The fourth-order valence-corrected chi connectivity index (χ4v) is 2.66. The van der Waals surface area contributed by atoms with Crippen LogP contribution in [-0.4, -0.2) is 16.9 Å². The number of Topliss-reactive ketones (excluding diaryl/α,β-unsaturated/α-hetero) is 1. The molecule has 0 saturated heterocycles. The highest BCUT2D eigenvalue weighted by atomic mass is 16.5. The summed E-state index contributed by atoms with van der Waals surface area (Å²) in [5.74, 6) is -1.53. The largest absolute Gasteiger partial charge is 0.299 e. The molecule has 0 bridgehead atoms. The fourth-order valence-electron chi connectivity index (χ4n) is 2.66. The number of rotatable bonds is 8. The minimum Gasteiger partial charge on any atom is -0.299 e. The van der Waals surface area contributed by atoms with Crippen LogP contribution in [0.5, 0.6) is 0 Å². The van der Waals surface area contributed by atoms with E-state index in [1.54, 1.807) is 0 Å². The van der Waals surface area contributed by atoms with E-state index in [0.717, 1.165) is 25.7 Å². The molecular weight excluding hydrogens is 290 g/mol. The molecule has 2 rings (SSSR count). The van der Waals surface area contributed by atoms with E-state index < -0.39 is 11.8 Å². The summed E-state index contributed by atoms with van der Waals surface area (Å²) >= 11 is 0. The first-order valence-electron chi connectivity index (χ1n) is 8.06. The molecule has 0 aromatic heterocycles. The van der Waals surface area contributed by atoms with Crippen molar-refractivity contribution < 1.29 is 14.8 Å². The zero-order chi connectivity index (χ0) is 16.7. The maximum atomic E-state index is 11.8. The summed E-state index contributed by atoms with van der Waals surface area (Å²) in [6, 6.07) is 14.8. The van der Waals surface area contributed by atoms with Crippen molar-refractivity contribution in [2.75, 3.05) is 0 Å². The average Bonchev–Trinajstić information content (AvgIpc) is 2.59. The van der Waals surface area contributed by atoms with Gasteiger partial charge in [-0.2, -0.15) is 0 Å². The van der Waals surface area contributed by atoms with Crippen LogP contribution in [-0.2, 0) is 16.0 Å². The number of carbonyl (C=O) groups excluding carboxylic acids is 2. The Kier molecular flexibility index (Phi) is 6.29. The van der Waals surface area contributed by atoms with E-state index in [2.05, 4.69) is 30.3 Å². The molecule has 0 aliphatic rings. The number of amides is 1. The standard InChI is InChI=1S/C19H23NO3/c1-14(19(22)20-23)18(21)10-4-2-3-7-15-11-12-16-8-5-6-9-17(16)13-15/h5-6,8-9,11-14,23H,2-4,7,10H2,1H3,(H,20,22)/t14-/m0/s1. The Morgan fingerprint density at radius 2 is 1.78 bits per heavy atom. The van der Waals surface area contributed by atoms with Crippen molar-refractivity contribution in [1.82, 2.24) is 5.48 Å². The molecule has 2 N–H and O–H groups in total. The van der Waals surface area contributed by atoms with Gasteiger partial charge < -0.3 is 0 Å². The van der Waals surface area contributed by atoms with E-state index in [9.17, 15) is 9.59 Å². The Labute approximate surface area is 136 Å². The highest BCUT2D eigenvalue weighted by Gasteiger charge is 2.19. The normalized spacial score (nSPS) is 12.1. The van der Waals surface area contributed by atoms with Gasteiger partial charge in [-0.25, -0.2) is 5.48 Å². The molecule has 1 amide bonds. The second-order valence-electron chi connectivity index (χ2n) is 5.91. The summed E-state index contributed by atoms with van der Waals surface area (Å²) in [6.07, 6.45) is 4.12. The van der Waals surface area contributed by atoms with Gasteiger partial charge in [0.2, 0.25) is 0 Å². The quantitative estimate of drug-likeness (QED) is 0.338. The van der Waals surface area contributed by atoms with Crippen LogP contribution in [0.4, 0.5) is 0 Å². The van der Waals surface area contributed by atoms with E-state index in [4.69, 9.17) is 5.21 Å². The Hall–Kier alpha value is -2.20. The Balaban J connectivity index is 1.72. The molecule has 4 heteroatoms. The number of hydrogen-bond donors (Lipinski definition) is 2. The van der Waals surface area contributed by atoms with Gasteiger partial charge in [0.05, 0.1) is 5.92 Å². The first-order chi connectivity index (χ1) is 11.1. The molecule has 0 fully saturated rings. The molecular formula is C19H23NO3. The number of ketones is 1. The number of unbranched alkanes of at least 4 members (excludes halogenated alkanes) is 2. The van der Waals surface area contributed by atoms with E-state index in [-0.39, 0.29) is 5.78 Å². The third-order valence-corrected chi connectivity index (χ3v) is 4.19. The van der Waals surface area contributed by atoms with E-state index in [1.807, 2.05) is 12.1 Å². The molecule has 1 atom stereocenters. The van der Waals surface area contributed by atoms with Gasteiger partial charge in [0.25, 0.3) is 5.91 Å². The maximum absolute atomic E-state index is 11.8. The zero-order valence-corrected chi connectivity index (χ0v) is 13.4. The minimum absolute atomic E-state index is 0.123. The van der Waals surface area contributed by atoms with Crippen molar-refractivity contribution in [2.24, 2.45) is 5.92 Å². The molecule has 2 aromatic rings. The fraction of sp³-hybridized carbons (Fsp3) is 0.368. The number of nitrogens with one attached hydrogen (secondary N) is 1. The average molecular weight is 313 g/mol. The van der Waals surface area contributed by atoms with Gasteiger partial charge in [0.15, 0.2) is 0 Å². The molecule has 0 radical (unpaired) electrons. The highest BCUT2D eigenvalue weighted by molar-refractivity contribution is 6.00. The van der Waals surface area contributed by atoms with Crippen LogP contribution in [0.25, 0.3) is 10.8 Å². The van der Waals surface area contributed by atoms with Crippen molar-refractivity contribution in [2.45, 2.75) is 39.0 Å². The number of fused-ring (bicyclic) bond motifs is 1. The molecule has 0 spiro atoms. The van der Waals surface area contributed by atoms with E-state index in [0.29, 0.717) is 6.42 Å². The minimum atomic E-state index is -0.777. The molecule has 122 valence electrons. The number of aryl methyl sites for hydroxylation is 1. The summed E-state index contributed by atoms with van der Waals surface area (Å²) in [6.45, 7) is 1.52. The van der Waals surface area contributed by atoms with Crippen molar-refractivity contribution in [3.8, 4) is 0 Å². The van der Waals surface area contributed by atoms with Gasteiger partial charge in [-0.15, -0.1) is 0 Å². The molecule has 0 heterocycles. The SMILES string of the molecule is C[C@@H](C(=O)CCCCCc1ccc2ccccc2c1)C(=O)NO. The lowest BCUT2D eigenvalue weighted by molar-refractivity contribution is -0.139. The smallest absolute Gasteiger partial charge is 0.253 e. The van der Waals surface area contributed by atoms with Crippen LogP contribution in [0.1, 0.15) is 38.2 Å². The third kappa shape index (κ3) is 4.89. The van der Waals surface area contributed by atoms with Gasteiger partial charge >= 0.3 is 0 Å². The van der Waals surface area contributed by atoms with Crippen molar-refractivity contribution >= 4 is 22.5 Å². The van der Waals surface area contributed by atoms with Crippen molar-refractivity contribution in [1.29, 1.82) is 0 Å². The second kappa shape index (κ2) is 8.44. The first-order valence-corrected chi connectivity index (χ1v) is 8.06. The molecule has 0 aliphatic heterocycles. The van der Waals surface area contributed by atoms with Crippen LogP contribution < -0.4 is 5.48 Å². The van der Waals surface area contributed by atoms with Gasteiger partial charge in [-0.1, -0.05) is 48.9 Å². The van der Waals surface area contributed by atoms with Crippen LogP contribution >= 0.6 is 0 Å². The third-order valence-electron chi connectivity index (χ3n) is 4.19. The van der Waals surface area contributed by atoms with Crippen LogP contribution in [0.15, 0.2) is 42.5 Å². The summed E-state index contributed by atoms with van der Waals surface area (Å²) in [4.78, 5) is 22.9. The Bertz CT molecular complexity index is 681. The van der Waals surface area contributed by atoms with E-state index >= 15 is 0 Å². The monoisotopic (exact) mass is 313 g/mol. The summed E-state index contributed by atoms with van der Waals surface area (Å²) in [5.41, 5.74) is 2.83. The molecule has 4 nitrogen and oxygen atoms in total. The number of carbonyl (C=O) groups is 2. The van der Waals surface area contributed by atoms with Crippen molar-refractivity contribution in [3.05, 3.63) is 48.0 Å². The second-order valence-corrected chi connectivity index (χ2v) is 5.91. The summed E-state index contributed by atoms with van der Waals surface area (Å²) in [7, 11) is 0. The van der Waals surface area contributed by atoms with Gasteiger partial charge in [0.1, 0.15) is 5.78 Å². The lowest BCUT2D eigenvalue weighted by Gasteiger charge is -2.08. The maximum Gasteiger partial charge on any atom is 0.253 e. The van der Waals surface area contributed by atoms with Gasteiger partial charge in [-0.3, -0.25) is 14.8 Å². The van der Waals surface area contributed by atoms with Crippen LogP contribution in [0.2, 0.25) is 0 Å². The number of hydrogen-bond acceptors (Lipinski definition) is 3. The molecule has 2 aromatic carbocycles. The van der Waals surface area contributed by atoms with Gasteiger partial charge in [-0.05, 0) is 42.5 Å². The molecule has 0 unspecified atom stereocenters. The number of hydroxylamine groups is 1. The lowest BCUT2D eigenvalue weighted by Crippen LogP contribution is -2.31. The number of benzene rings is 2. The van der Waals surface area contributed by atoms with Crippen molar-refractivity contribution in [3.63, 3.8) is 0 Å². The van der Waals surface area contributed by atoms with E-state index in [1.165, 1.54) is 28.7 Å². The predicted octanol–water partition coefficient (Wildman–Crippen LogP) is 3.65. The Morgan fingerprint density at radius 1 is 1.04 bits per heavy atom. The lowest BCUT2D eigenvalue weighted by atomic mass is 9.98. The molecule has 23 heavy (non-hydrogen) atoms. The Morgan fingerprint density at radius 3 is 2.52 bits per heavy atom.